The summed E-state index contributed by atoms with van der Waals surface area (Å²) in [4.78, 5) is 14.6. The van der Waals surface area contributed by atoms with Gasteiger partial charge < -0.3 is 5.32 Å². The predicted molar refractivity (Wildman–Crippen MR) is 90.0 cm³/mol. The Labute approximate surface area is 137 Å². The lowest BCUT2D eigenvalue weighted by molar-refractivity contribution is -0.122. The number of fused-ring (bicyclic) bond motifs is 1. The number of hydrogen-bond donors (Lipinski definition) is 2. The second kappa shape index (κ2) is 6.54. The third kappa shape index (κ3) is 3.45. The molecule has 1 aromatic heterocycles. The van der Waals surface area contributed by atoms with Crippen LogP contribution in [0.15, 0.2) is 24.3 Å². The van der Waals surface area contributed by atoms with Crippen molar-refractivity contribution >= 4 is 5.91 Å². The van der Waals surface area contributed by atoms with Crippen molar-refractivity contribution in [3.05, 3.63) is 52.3 Å². The molecule has 0 spiro atoms. The number of amides is 1. The van der Waals surface area contributed by atoms with Crippen LogP contribution < -0.4 is 5.32 Å². The van der Waals surface area contributed by atoms with E-state index < -0.39 is 0 Å². The second-order valence-corrected chi connectivity index (χ2v) is 6.43. The molecule has 0 saturated heterocycles. The van der Waals surface area contributed by atoms with E-state index in [0.29, 0.717) is 6.42 Å². The van der Waals surface area contributed by atoms with Gasteiger partial charge >= 0.3 is 0 Å². The zero-order valence-electron chi connectivity index (χ0n) is 14.0. The van der Waals surface area contributed by atoms with E-state index in [4.69, 9.17) is 0 Å². The summed E-state index contributed by atoms with van der Waals surface area (Å²) < 4.78 is 0. The molecule has 3 rings (SSSR count). The fraction of sp³-hybridized carbons (Fsp3) is 0.444. The predicted octanol–water partition coefficient (Wildman–Crippen LogP) is 2.26. The third-order valence-electron chi connectivity index (χ3n) is 4.58. The summed E-state index contributed by atoms with van der Waals surface area (Å²) in [5.41, 5.74) is 5.74. The molecule has 0 fully saturated rings. The Hall–Kier alpha value is -2.14. The Morgan fingerprint density at radius 2 is 2.17 bits per heavy atom. The molecule has 5 nitrogen and oxygen atoms in total. The van der Waals surface area contributed by atoms with Gasteiger partial charge in [-0.05, 0) is 44.0 Å². The van der Waals surface area contributed by atoms with E-state index in [2.05, 4.69) is 45.7 Å². The average Bonchev–Trinajstić information content (AvgIpc) is 2.84. The van der Waals surface area contributed by atoms with Gasteiger partial charge in [-0.25, -0.2) is 0 Å². The smallest absolute Gasteiger partial charge is 0.220 e. The quantitative estimate of drug-likeness (QED) is 0.910. The molecule has 0 saturated carbocycles. The lowest BCUT2D eigenvalue weighted by Gasteiger charge is -2.32. The molecule has 1 aliphatic rings. The van der Waals surface area contributed by atoms with E-state index in [-0.39, 0.29) is 11.9 Å². The van der Waals surface area contributed by atoms with Gasteiger partial charge in [0.05, 0.1) is 11.7 Å². The van der Waals surface area contributed by atoms with Crippen molar-refractivity contribution in [2.75, 3.05) is 13.6 Å². The van der Waals surface area contributed by atoms with Gasteiger partial charge in [-0.15, -0.1) is 0 Å². The third-order valence-corrected chi connectivity index (χ3v) is 4.58. The summed E-state index contributed by atoms with van der Waals surface area (Å²) in [5.74, 6) is 0.0973. The van der Waals surface area contributed by atoms with E-state index in [9.17, 15) is 4.79 Å². The minimum absolute atomic E-state index is 0.0731. The van der Waals surface area contributed by atoms with Gasteiger partial charge in [0.25, 0.3) is 0 Å². The molecule has 1 aliphatic heterocycles. The number of likely N-dealkylation sites (N-methyl/N-ethyl adjacent to an activating group) is 1. The molecule has 2 N–H and O–H groups in total. The van der Waals surface area contributed by atoms with Crippen molar-refractivity contribution in [3.8, 4) is 0 Å². The SMILES string of the molecule is Cc1n[nH]c(C)c1CCC(=O)NC1CN(C)Cc2ccccc21. The van der Waals surface area contributed by atoms with Gasteiger partial charge in [0.1, 0.15) is 0 Å². The first kappa shape index (κ1) is 15.7. The van der Waals surface area contributed by atoms with E-state index >= 15 is 0 Å². The molecular formula is C18H24N4O. The summed E-state index contributed by atoms with van der Waals surface area (Å²) >= 11 is 0. The van der Waals surface area contributed by atoms with Gasteiger partial charge in [0, 0.05) is 25.2 Å². The first-order valence-electron chi connectivity index (χ1n) is 8.10. The summed E-state index contributed by atoms with van der Waals surface area (Å²) in [6, 6.07) is 8.44. The molecular weight excluding hydrogens is 288 g/mol. The van der Waals surface area contributed by atoms with Gasteiger partial charge in [-0.1, -0.05) is 24.3 Å². The largest absolute Gasteiger partial charge is 0.348 e. The second-order valence-electron chi connectivity index (χ2n) is 6.43. The highest BCUT2D eigenvalue weighted by Gasteiger charge is 2.24. The first-order valence-corrected chi connectivity index (χ1v) is 8.10. The van der Waals surface area contributed by atoms with Gasteiger partial charge in [0.2, 0.25) is 5.91 Å². The number of H-pyrrole nitrogens is 1. The molecule has 1 aromatic carbocycles. The van der Waals surface area contributed by atoms with Crippen molar-refractivity contribution in [2.24, 2.45) is 0 Å². The Bertz CT molecular complexity index is 687. The van der Waals surface area contributed by atoms with E-state index in [1.807, 2.05) is 19.9 Å². The summed E-state index contributed by atoms with van der Waals surface area (Å²) in [6.45, 7) is 5.77. The summed E-state index contributed by atoms with van der Waals surface area (Å²) in [7, 11) is 2.09. The normalized spacial score (nSPS) is 17.8. The van der Waals surface area contributed by atoms with Crippen molar-refractivity contribution in [1.82, 2.24) is 20.4 Å². The van der Waals surface area contributed by atoms with Gasteiger partial charge in [-0.2, -0.15) is 5.10 Å². The van der Waals surface area contributed by atoms with Crippen LogP contribution in [-0.4, -0.2) is 34.6 Å². The number of benzene rings is 1. The molecule has 122 valence electrons. The highest BCUT2D eigenvalue weighted by Crippen LogP contribution is 2.25. The Kier molecular flexibility index (Phi) is 4.48. The van der Waals surface area contributed by atoms with Gasteiger partial charge in [0.15, 0.2) is 0 Å². The van der Waals surface area contributed by atoms with Crippen LogP contribution >= 0.6 is 0 Å². The van der Waals surface area contributed by atoms with Gasteiger partial charge in [-0.3, -0.25) is 14.8 Å². The summed E-state index contributed by atoms with van der Waals surface area (Å²) in [6.07, 6.45) is 1.22. The highest BCUT2D eigenvalue weighted by molar-refractivity contribution is 5.77. The number of aromatic amines is 1. The maximum Gasteiger partial charge on any atom is 0.220 e. The molecule has 0 bridgehead atoms. The number of aryl methyl sites for hydroxylation is 2. The molecule has 1 unspecified atom stereocenters. The van der Waals surface area contributed by atoms with Crippen LogP contribution in [0, 0.1) is 13.8 Å². The minimum Gasteiger partial charge on any atom is -0.348 e. The number of hydrogen-bond acceptors (Lipinski definition) is 3. The number of aromatic nitrogens is 2. The standard InChI is InChI=1S/C18H24N4O/c1-12-15(13(2)21-20-12)8-9-18(23)19-17-11-22(3)10-14-6-4-5-7-16(14)17/h4-7,17H,8-11H2,1-3H3,(H,19,23)(H,20,21). The lowest BCUT2D eigenvalue weighted by Crippen LogP contribution is -2.40. The van der Waals surface area contributed by atoms with E-state index in [1.165, 1.54) is 11.1 Å². The summed E-state index contributed by atoms with van der Waals surface area (Å²) in [5, 5.41) is 10.4. The number of nitrogens with zero attached hydrogens (tertiary/aromatic N) is 2. The van der Waals surface area contributed by atoms with Crippen LogP contribution in [0.25, 0.3) is 0 Å². The molecule has 5 heteroatoms. The number of carbonyl (C=O) groups excluding carboxylic acids is 1. The maximum absolute atomic E-state index is 12.4. The fourth-order valence-corrected chi connectivity index (χ4v) is 3.35. The molecule has 0 radical (unpaired) electrons. The minimum atomic E-state index is 0.0731. The highest BCUT2D eigenvalue weighted by atomic mass is 16.1. The van der Waals surface area contributed by atoms with Crippen molar-refractivity contribution < 1.29 is 4.79 Å². The Morgan fingerprint density at radius 3 is 2.91 bits per heavy atom. The molecule has 0 aliphatic carbocycles. The molecule has 23 heavy (non-hydrogen) atoms. The van der Waals surface area contributed by atoms with E-state index in [1.54, 1.807) is 0 Å². The van der Waals surface area contributed by atoms with Crippen LogP contribution in [-0.2, 0) is 17.8 Å². The first-order chi connectivity index (χ1) is 11.0. The Morgan fingerprint density at radius 1 is 1.39 bits per heavy atom. The van der Waals surface area contributed by atoms with E-state index in [0.717, 1.165) is 36.5 Å². The zero-order chi connectivity index (χ0) is 16.4. The average molecular weight is 312 g/mol. The van der Waals surface area contributed by atoms with Crippen LogP contribution in [0.1, 0.15) is 40.5 Å². The number of nitrogens with one attached hydrogen (secondary N) is 2. The Balaban J connectivity index is 1.64. The van der Waals surface area contributed by atoms with Crippen molar-refractivity contribution in [2.45, 2.75) is 39.3 Å². The topological polar surface area (TPSA) is 61.0 Å². The lowest BCUT2D eigenvalue weighted by atomic mass is 9.95. The maximum atomic E-state index is 12.4. The van der Waals surface area contributed by atoms with Crippen LogP contribution in [0.4, 0.5) is 0 Å². The fourth-order valence-electron chi connectivity index (χ4n) is 3.35. The molecule has 2 heterocycles. The zero-order valence-corrected chi connectivity index (χ0v) is 14.0. The molecule has 1 atom stereocenters. The van der Waals surface area contributed by atoms with Crippen LogP contribution in [0.2, 0.25) is 0 Å². The molecule has 1 amide bonds. The van der Waals surface area contributed by atoms with Crippen LogP contribution in [0.3, 0.4) is 0 Å². The van der Waals surface area contributed by atoms with Crippen LogP contribution in [0.5, 0.6) is 0 Å². The monoisotopic (exact) mass is 312 g/mol. The van der Waals surface area contributed by atoms with Crippen molar-refractivity contribution in [3.63, 3.8) is 0 Å². The number of rotatable bonds is 4. The van der Waals surface area contributed by atoms with Crippen molar-refractivity contribution in [1.29, 1.82) is 0 Å². The molecule has 2 aromatic rings. The number of carbonyl (C=O) groups is 1.